The first-order valence-corrected chi connectivity index (χ1v) is 7.39. The van der Waals surface area contributed by atoms with Crippen molar-refractivity contribution in [3.8, 4) is 0 Å². The van der Waals surface area contributed by atoms with Gasteiger partial charge in [0.1, 0.15) is 11.9 Å². The van der Waals surface area contributed by atoms with Crippen LogP contribution >= 0.6 is 11.6 Å². The van der Waals surface area contributed by atoms with Gasteiger partial charge >= 0.3 is 5.97 Å². The maximum atomic E-state index is 13.4. The molecule has 1 aliphatic heterocycles. The molecule has 114 valence electrons. The topological polar surface area (TPSA) is 40.5 Å². The van der Waals surface area contributed by atoms with Gasteiger partial charge in [-0.2, -0.15) is 0 Å². The summed E-state index contributed by atoms with van der Waals surface area (Å²) in [4.78, 5) is 13.4. The highest BCUT2D eigenvalue weighted by Crippen LogP contribution is 2.26. The van der Waals surface area contributed by atoms with E-state index < -0.39 is 12.0 Å². The van der Waals surface area contributed by atoms with E-state index in [1.165, 1.54) is 12.1 Å². The maximum Gasteiger partial charge on any atom is 0.321 e. The number of benzene rings is 2. The van der Waals surface area contributed by atoms with Crippen LogP contribution in [0.1, 0.15) is 16.7 Å². The highest BCUT2D eigenvalue weighted by atomic mass is 35.5. The molecule has 0 aliphatic carbocycles. The van der Waals surface area contributed by atoms with Gasteiger partial charge < -0.3 is 5.11 Å². The first-order chi connectivity index (χ1) is 10.5. The maximum absolute atomic E-state index is 13.4. The molecule has 2 aromatic carbocycles. The van der Waals surface area contributed by atoms with Gasteiger partial charge in [-0.1, -0.05) is 29.8 Å². The standard InChI is InChI=1S/C17H15ClFNO2/c18-14-4-1-11(2-5-14)9-20-10-13-7-15(19)6-3-12(13)8-16(20)17(21)22/h1-7,16H,8-10H2,(H,21,22). The van der Waals surface area contributed by atoms with Crippen LogP contribution in [0.2, 0.25) is 5.02 Å². The lowest BCUT2D eigenvalue weighted by molar-refractivity contribution is -0.144. The molecule has 22 heavy (non-hydrogen) atoms. The predicted molar refractivity (Wildman–Crippen MR) is 82.2 cm³/mol. The number of hydrogen-bond donors (Lipinski definition) is 1. The number of halogens is 2. The Morgan fingerprint density at radius 3 is 2.64 bits per heavy atom. The minimum absolute atomic E-state index is 0.293. The lowest BCUT2D eigenvalue weighted by Crippen LogP contribution is -2.45. The van der Waals surface area contributed by atoms with Crippen molar-refractivity contribution >= 4 is 17.6 Å². The van der Waals surface area contributed by atoms with Gasteiger partial charge in [0, 0.05) is 18.1 Å². The zero-order valence-corrected chi connectivity index (χ0v) is 12.6. The van der Waals surface area contributed by atoms with E-state index in [9.17, 15) is 14.3 Å². The molecule has 0 saturated heterocycles. The zero-order valence-electron chi connectivity index (χ0n) is 11.8. The van der Waals surface area contributed by atoms with Gasteiger partial charge in [-0.3, -0.25) is 9.69 Å². The minimum Gasteiger partial charge on any atom is -0.480 e. The van der Waals surface area contributed by atoms with Gasteiger partial charge in [0.15, 0.2) is 0 Å². The molecule has 1 aliphatic rings. The number of carboxylic acids is 1. The Morgan fingerprint density at radius 1 is 1.23 bits per heavy atom. The summed E-state index contributed by atoms with van der Waals surface area (Å²) in [5.41, 5.74) is 2.74. The summed E-state index contributed by atoms with van der Waals surface area (Å²) in [5.74, 6) is -1.15. The number of aliphatic carboxylic acids is 1. The van der Waals surface area contributed by atoms with Gasteiger partial charge in [0.05, 0.1) is 0 Å². The van der Waals surface area contributed by atoms with E-state index in [0.717, 1.165) is 16.7 Å². The number of carboxylic acid groups (broad SMARTS) is 1. The second-order valence-electron chi connectivity index (χ2n) is 5.50. The fourth-order valence-corrected chi connectivity index (χ4v) is 2.97. The minimum atomic E-state index is -0.857. The number of rotatable bonds is 3. The monoisotopic (exact) mass is 319 g/mol. The normalized spacial score (nSPS) is 18.0. The third-order valence-corrected chi connectivity index (χ3v) is 4.23. The molecule has 1 atom stereocenters. The second kappa shape index (κ2) is 6.07. The summed E-state index contributed by atoms with van der Waals surface area (Å²) in [7, 11) is 0. The molecule has 0 amide bonds. The summed E-state index contributed by atoms with van der Waals surface area (Å²) in [6.45, 7) is 0.913. The van der Waals surface area contributed by atoms with E-state index in [-0.39, 0.29) is 5.82 Å². The van der Waals surface area contributed by atoms with Gasteiger partial charge in [-0.05, 0) is 47.4 Å². The van der Waals surface area contributed by atoms with Crippen molar-refractivity contribution in [2.24, 2.45) is 0 Å². The van der Waals surface area contributed by atoms with E-state index in [0.29, 0.717) is 24.5 Å². The first kappa shape index (κ1) is 15.0. The van der Waals surface area contributed by atoms with Crippen LogP contribution in [0.3, 0.4) is 0 Å². The van der Waals surface area contributed by atoms with Crippen LogP contribution in [0, 0.1) is 5.82 Å². The van der Waals surface area contributed by atoms with Crippen molar-refractivity contribution in [3.63, 3.8) is 0 Å². The summed E-state index contributed by atoms with van der Waals surface area (Å²) in [5, 5.41) is 10.1. The second-order valence-corrected chi connectivity index (χ2v) is 5.94. The van der Waals surface area contributed by atoms with Crippen LogP contribution in [0.15, 0.2) is 42.5 Å². The fourth-order valence-electron chi connectivity index (χ4n) is 2.84. The van der Waals surface area contributed by atoms with Crippen LogP contribution < -0.4 is 0 Å². The van der Waals surface area contributed by atoms with Crippen LogP contribution in [0.25, 0.3) is 0 Å². The largest absolute Gasteiger partial charge is 0.480 e. The Labute approximate surface area is 132 Å². The summed E-state index contributed by atoms with van der Waals surface area (Å²) in [6, 6.07) is 11.3. The van der Waals surface area contributed by atoms with Crippen LogP contribution in [0.4, 0.5) is 4.39 Å². The lowest BCUT2D eigenvalue weighted by atomic mass is 9.93. The van der Waals surface area contributed by atoms with Crippen molar-refractivity contribution in [2.75, 3.05) is 0 Å². The van der Waals surface area contributed by atoms with E-state index in [4.69, 9.17) is 11.6 Å². The quantitative estimate of drug-likeness (QED) is 0.941. The Hall–Kier alpha value is -1.91. The molecule has 5 heteroatoms. The smallest absolute Gasteiger partial charge is 0.321 e. The third-order valence-electron chi connectivity index (χ3n) is 3.98. The van der Waals surface area contributed by atoms with Crippen LogP contribution in [0.5, 0.6) is 0 Å². The molecule has 0 aromatic heterocycles. The van der Waals surface area contributed by atoms with Crippen molar-refractivity contribution in [2.45, 2.75) is 25.6 Å². The Morgan fingerprint density at radius 2 is 1.95 bits per heavy atom. The molecule has 1 heterocycles. The van der Waals surface area contributed by atoms with E-state index in [1.54, 1.807) is 18.2 Å². The van der Waals surface area contributed by atoms with Gasteiger partial charge in [0.2, 0.25) is 0 Å². The molecule has 0 saturated carbocycles. The van der Waals surface area contributed by atoms with Crippen LogP contribution in [-0.2, 0) is 24.3 Å². The Balaban J connectivity index is 1.87. The number of fused-ring (bicyclic) bond motifs is 1. The fraction of sp³-hybridized carbons (Fsp3) is 0.235. The zero-order chi connectivity index (χ0) is 15.7. The molecule has 0 radical (unpaired) electrons. The molecular formula is C17H15ClFNO2. The number of nitrogens with zero attached hydrogens (tertiary/aromatic N) is 1. The molecule has 0 fully saturated rings. The lowest BCUT2D eigenvalue weighted by Gasteiger charge is -2.34. The Bertz CT molecular complexity index is 702. The highest BCUT2D eigenvalue weighted by molar-refractivity contribution is 6.30. The Kier molecular flexibility index (Phi) is 4.14. The SMILES string of the molecule is O=C(O)C1Cc2ccc(F)cc2CN1Cc1ccc(Cl)cc1. The van der Waals surface area contributed by atoms with E-state index in [2.05, 4.69) is 0 Å². The average molecular weight is 320 g/mol. The molecule has 0 bridgehead atoms. The molecule has 2 aromatic rings. The van der Waals surface area contributed by atoms with Crippen molar-refractivity contribution < 1.29 is 14.3 Å². The molecule has 1 N–H and O–H groups in total. The van der Waals surface area contributed by atoms with Gasteiger partial charge in [-0.25, -0.2) is 4.39 Å². The summed E-state index contributed by atoms with van der Waals surface area (Å²) < 4.78 is 13.4. The van der Waals surface area contributed by atoms with E-state index in [1.807, 2.05) is 17.0 Å². The van der Waals surface area contributed by atoms with Crippen molar-refractivity contribution in [3.05, 3.63) is 70.0 Å². The molecular weight excluding hydrogens is 305 g/mol. The molecule has 1 unspecified atom stereocenters. The number of hydrogen-bond acceptors (Lipinski definition) is 2. The molecule has 3 rings (SSSR count). The predicted octanol–water partition coefficient (Wildman–Crippen LogP) is 3.49. The van der Waals surface area contributed by atoms with Gasteiger partial charge in [0.25, 0.3) is 0 Å². The third kappa shape index (κ3) is 3.13. The van der Waals surface area contributed by atoms with Crippen molar-refractivity contribution in [1.82, 2.24) is 4.90 Å². The van der Waals surface area contributed by atoms with Crippen molar-refractivity contribution in [1.29, 1.82) is 0 Å². The summed E-state index contributed by atoms with van der Waals surface area (Å²) in [6.07, 6.45) is 0.387. The molecule has 3 nitrogen and oxygen atoms in total. The molecule has 0 spiro atoms. The number of carbonyl (C=O) groups is 1. The van der Waals surface area contributed by atoms with Gasteiger partial charge in [-0.15, -0.1) is 0 Å². The first-order valence-electron chi connectivity index (χ1n) is 7.01. The van der Waals surface area contributed by atoms with Crippen LogP contribution in [-0.4, -0.2) is 22.0 Å². The average Bonchev–Trinajstić information content (AvgIpc) is 2.48. The van der Waals surface area contributed by atoms with E-state index >= 15 is 0 Å². The highest BCUT2D eigenvalue weighted by Gasteiger charge is 2.31. The summed E-state index contributed by atoms with van der Waals surface area (Å²) >= 11 is 5.87.